The van der Waals surface area contributed by atoms with E-state index in [1.165, 1.54) is 0 Å². The van der Waals surface area contributed by atoms with Gasteiger partial charge in [-0.15, -0.1) is 0 Å². The summed E-state index contributed by atoms with van der Waals surface area (Å²) in [6.07, 6.45) is 1.72. The standard InChI is InChI=1S/C11H13N5/c1-7-8(2)16(6-14-7)10-5-3-4-9(15-10)11(12)13/h3-6H,1-2H3,(H3,12,13). The van der Waals surface area contributed by atoms with Crippen molar-refractivity contribution in [2.24, 2.45) is 5.73 Å². The molecule has 0 aliphatic carbocycles. The molecule has 0 aliphatic heterocycles. The summed E-state index contributed by atoms with van der Waals surface area (Å²) in [5.41, 5.74) is 7.88. The Morgan fingerprint density at radius 2 is 2.12 bits per heavy atom. The molecule has 2 aromatic heterocycles. The number of pyridine rings is 1. The molecule has 3 N–H and O–H groups in total. The molecule has 2 heterocycles. The Hall–Kier alpha value is -2.17. The first-order valence-corrected chi connectivity index (χ1v) is 4.92. The average molecular weight is 215 g/mol. The number of aryl methyl sites for hydroxylation is 1. The van der Waals surface area contributed by atoms with Crippen molar-refractivity contribution in [3.8, 4) is 5.82 Å². The number of nitrogens with one attached hydrogen (secondary N) is 1. The molecular weight excluding hydrogens is 202 g/mol. The van der Waals surface area contributed by atoms with Gasteiger partial charge in [-0.2, -0.15) is 0 Å². The lowest BCUT2D eigenvalue weighted by Gasteiger charge is -2.05. The Bertz CT molecular complexity index is 541. The first kappa shape index (κ1) is 10.4. The minimum Gasteiger partial charge on any atom is -0.382 e. The summed E-state index contributed by atoms with van der Waals surface area (Å²) in [5, 5.41) is 7.34. The van der Waals surface area contributed by atoms with Crippen LogP contribution in [-0.4, -0.2) is 20.4 Å². The Balaban J connectivity index is 2.52. The number of hydrogen-bond acceptors (Lipinski definition) is 3. The second kappa shape index (κ2) is 3.77. The maximum absolute atomic E-state index is 7.34. The van der Waals surface area contributed by atoms with Gasteiger partial charge in [-0.1, -0.05) is 6.07 Å². The van der Waals surface area contributed by atoms with Gasteiger partial charge in [-0.3, -0.25) is 9.98 Å². The third-order valence-corrected chi connectivity index (χ3v) is 2.51. The summed E-state index contributed by atoms with van der Waals surface area (Å²) < 4.78 is 1.88. The Morgan fingerprint density at radius 1 is 1.38 bits per heavy atom. The molecule has 0 atom stereocenters. The van der Waals surface area contributed by atoms with E-state index in [2.05, 4.69) is 9.97 Å². The molecule has 0 amide bonds. The van der Waals surface area contributed by atoms with E-state index in [4.69, 9.17) is 11.1 Å². The lowest BCUT2D eigenvalue weighted by molar-refractivity contribution is 0.946. The summed E-state index contributed by atoms with van der Waals surface area (Å²) in [5.74, 6) is 0.696. The molecule has 16 heavy (non-hydrogen) atoms. The molecule has 0 aromatic carbocycles. The number of rotatable bonds is 2. The zero-order valence-electron chi connectivity index (χ0n) is 9.23. The molecule has 0 bridgehead atoms. The van der Waals surface area contributed by atoms with Gasteiger partial charge in [0.05, 0.1) is 5.69 Å². The molecule has 0 radical (unpaired) electrons. The van der Waals surface area contributed by atoms with Gasteiger partial charge in [0.1, 0.15) is 23.7 Å². The number of nitrogens with zero attached hydrogens (tertiary/aromatic N) is 3. The van der Waals surface area contributed by atoms with Crippen molar-refractivity contribution in [1.29, 1.82) is 5.41 Å². The largest absolute Gasteiger partial charge is 0.382 e. The van der Waals surface area contributed by atoms with Crippen LogP contribution in [0.15, 0.2) is 24.5 Å². The predicted molar refractivity (Wildman–Crippen MR) is 61.8 cm³/mol. The minimum absolute atomic E-state index is 0.0312. The lowest BCUT2D eigenvalue weighted by atomic mass is 10.3. The minimum atomic E-state index is -0.0312. The Kier molecular flexibility index (Phi) is 2.44. The molecule has 0 saturated carbocycles. The number of nitrogen functional groups attached to an aromatic ring is 1. The summed E-state index contributed by atoms with van der Waals surface area (Å²) >= 11 is 0. The van der Waals surface area contributed by atoms with E-state index in [9.17, 15) is 0 Å². The number of hydrogen-bond donors (Lipinski definition) is 2. The maximum atomic E-state index is 7.34. The predicted octanol–water partition coefficient (Wildman–Crippen LogP) is 1.17. The average Bonchev–Trinajstić information content (AvgIpc) is 2.60. The highest BCUT2D eigenvalue weighted by Gasteiger charge is 2.06. The van der Waals surface area contributed by atoms with E-state index in [0.29, 0.717) is 5.69 Å². The van der Waals surface area contributed by atoms with Crippen molar-refractivity contribution < 1.29 is 0 Å². The molecule has 2 rings (SSSR count). The Morgan fingerprint density at radius 3 is 2.69 bits per heavy atom. The molecular formula is C11H13N5. The van der Waals surface area contributed by atoms with Gasteiger partial charge in [-0.25, -0.2) is 9.97 Å². The summed E-state index contributed by atoms with van der Waals surface area (Å²) in [6.45, 7) is 3.92. The first-order valence-electron chi connectivity index (χ1n) is 4.92. The SMILES string of the molecule is Cc1ncn(-c2cccc(C(=N)N)n2)c1C. The van der Waals surface area contributed by atoms with E-state index in [0.717, 1.165) is 17.2 Å². The van der Waals surface area contributed by atoms with Crippen molar-refractivity contribution in [3.05, 3.63) is 41.6 Å². The fourth-order valence-electron chi connectivity index (χ4n) is 1.44. The fraction of sp³-hybridized carbons (Fsp3) is 0.182. The second-order valence-electron chi connectivity index (χ2n) is 3.58. The quantitative estimate of drug-likeness (QED) is 0.582. The van der Waals surface area contributed by atoms with Crippen LogP contribution in [-0.2, 0) is 0 Å². The van der Waals surface area contributed by atoms with Gasteiger partial charge in [-0.05, 0) is 26.0 Å². The number of imidazole rings is 1. The monoisotopic (exact) mass is 215 g/mol. The van der Waals surface area contributed by atoms with Crippen LogP contribution >= 0.6 is 0 Å². The summed E-state index contributed by atoms with van der Waals surface area (Å²) in [6, 6.07) is 5.40. The maximum Gasteiger partial charge on any atom is 0.141 e. The molecule has 2 aromatic rings. The van der Waals surface area contributed by atoms with E-state index in [-0.39, 0.29) is 5.84 Å². The molecule has 0 unspecified atom stereocenters. The van der Waals surface area contributed by atoms with Gasteiger partial charge in [0, 0.05) is 5.69 Å². The second-order valence-corrected chi connectivity index (χ2v) is 3.58. The van der Waals surface area contributed by atoms with Crippen molar-refractivity contribution in [3.63, 3.8) is 0 Å². The molecule has 0 aliphatic rings. The van der Waals surface area contributed by atoms with Gasteiger partial charge in [0.25, 0.3) is 0 Å². The highest BCUT2D eigenvalue weighted by molar-refractivity contribution is 5.93. The van der Waals surface area contributed by atoms with E-state index in [1.54, 1.807) is 12.4 Å². The van der Waals surface area contributed by atoms with Crippen LogP contribution in [0.1, 0.15) is 17.1 Å². The number of aromatic nitrogens is 3. The van der Waals surface area contributed by atoms with E-state index < -0.39 is 0 Å². The third kappa shape index (κ3) is 1.67. The molecule has 0 fully saturated rings. The van der Waals surface area contributed by atoms with Gasteiger partial charge >= 0.3 is 0 Å². The van der Waals surface area contributed by atoms with Crippen LogP contribution in [0.4, 0.5) is 0 Å². The zero-order valence-corrected chi connectivity index (χ0v) is 9.23. The molecule has 82 valence electrons. The normalized spacial score (nSPS) is 10.4. The van der Waals surface area contributed by atoms with E-state index in [1.807, 2.05) is 30.5 Å². The zero-order chi connectivity index (χ0) is 11.7. The topological polar surface area (TPSA) is 80.6 Å². The van der Waals surface area contributed by atoms with Crippen molar-refractivity contribution >= 4 is 5.84 Å². The lowest BCUT2D eigenvalue weighted by Crippen LogP contribution is -2.14. The van der Waals surface area contributed by atoms with Gasteiger partial charge in [0.2, 0.25) is 0 Å². The molecule has 0 saturated heterocycles. The van der Waals surface area contributed by atoms with Crippen LogP contribution in [0.25, 0.3) is 5.82 Å². The molecule has 5 heteroatoms. The Labute approximate surface area is 93.5 Å². The van der Waals surface area contributed by atoms with Crippen LogP contribution in [0.3, 0.4) is 0 Å². The summed E-state index contributed by atoms with van der Waals surface area (Å²) in [7, 11) is 0. The number of nitrogens with two attached hydrogens (primary N) is 1. The third-order valence-electron chi connectivity index (χ3n) is 2.51. The van der Waals surface area contributed by atoms with Crippen molar-refractivity contribution in [2.45, 2.75) is 13.8 Å². The molecule has 5 nitrogen and oxygen atoms in total. The summed E-state index contributed by atoms with van der Waals surface area (Å²) in [4.78, 5) is 8.50. The van der Waals surface area contributed by atoms with Crippen LogP contribution in [0.2, 0.25) is 0 Å². The van der Waals surface area contributed by atoms with Crippen LogP contribution < -0.4 is 5.73 Å². The van der Waals surface area contributed by atoms with Gasteiger partial charge < -0.3 is 5.73 Å². The smallest absolute Gasteiger partial charge is 0.141 e. The highest BCUT2D eigenvalue weighted by atomic mass is 15.1. The van der Waals surface area contributed by atoms with Crippen molar-refractivity contribution in [2.75, 3.05) is 0 Å². The van der Waals surface area contributed by atoms with Crippen LogP contribution in [0, 0.1) is 19.3 Å². The highest BCUT2D eigenvalue weighted by Crippen LogP contribution is 2.11. The van der Waals surface area contributed by atoms with Crippen LogP contribution in [0.5, 0.6) is 0 Å². The van der Waals surface area contributed by atoms with Crippen molar-refractivity contribution in [1.82, 2.24) is 14.5 Å². The first-order chi connectivity index (χ1) is 7.59. The van der Waals surface area contributed by atoms with Gasteiger partial charge in [0.15, 0.2) is 0 Å². The number of amidine groups is 1. The molecule has 0 spiro atoms. The van der Waals surface area contributed by atoms with E-state index >= 15 is 0 Å². The fourth-order valence-corrected chi connectivity index (χ4v) is 1.44.